The number of likely N-dealkylation sites (tertiary alicyclic amines) is 1. The predicted octanol–water partition coefficient (Wildman–Crippen LogP) is 1.42. The number of amides is 1. The minimum atomic E-state index is -0.261. The van der Waals surface area contributed by atoms with Gasteiger partial charge in [-0.2, -0.15) is 5.10 Å². The Morgan fingerprint density at radius 3 is 3.00 bits per heavy atom. The molecule has 0 aliphatic carbocycles. The smallest absolute Gasteiger partial charge is 0.270 e. The van der Waals surface area contributed by atoms with E-state index >= 15 is 0 Å². The molecule has 6 nitrogen and oxygen atoms in total. The van der Waals surface area contributed by atoms with E-state index in [1.54, 1.807) is 23.2 Å². The Balaban J connectivity index is 1.74. The predicted molar refractivity (Wildman–Crippen MR) is 76.5 cm³/mol. The highest BCUT2D eigenvalue weighted by Gasteiger charge is 2.28. The van der Waals surface area contributed by atoms with Gasteiger partial charge >= 0.3 is 0 Å². The highest BCUT2D eigenvalue weighted by molar-refractivity contribution is 9.10. The number of pyridine rings is 1. The van der Waals surface area contributed by atoms with Crippen LogP contribution in [0.2, 0.25) is 0 Å². The fourth-order valence-corrected chi connectivity index (χ4v) is 2.70. The van der Waals surface area contributed by atoms with Gasteiger partial charge in [-0.1, -0.05) is 6.07 Å². The molecule has 20 heavy (non-hydrogen) atoms. The van der Waals surface area contributed by atoms with Crippen LogP contribution in [0.25, 0.3) is 0 Å². The minimum Gasteiger partial charge on any atom is -0.335 e. The molecule has 104 valence electrons. The van der Waals surface area contributed by atoms with Crippen LogP contribution in [0.4, 0.5) is 0 Å². The largest absolute Gasteiger partial charge is 0.335 e. The summed E-state index contributed by atoms with van der Waals surface area (Å²) in [6.07, 6.45) is 4.50. The molecule has 2 aromatic rings. The lowest BCUT2D eigenvalue weighted by atomic mass is 10.3. The van der Waals surface area contributed by atoms with Crippen molar-refractivity contribution in [3.8, 4) is 0 Å². The van der Waals surface area contributed by atoms with E-state index in [0.717, 1.165) is 10.9 Å². The number of hydrogen-bond donors (Lipinski definition) is 1. The summed E-state index contributed by atoms with van der Waals surface area (Å²) < 4.78 is 2.79. The van der Waals surface area contributed by atoms with Crippen LogP contribution in [-0.4, -0.2) is 38.7 Å². The van der Waals surface area contributed by atoms with Crippen LogP contribution in [0, 0.1) is 0 Å². The Bertz CT molecular complexity index is 693. The van der Waals surface area contributed by atoms with Gasteiger partial charge in [0.25, 0.3) is 5.91 Å². The van der Waals surface area contributed by atoms with Crippen LogP contribution >= 0.6 is 15.9 Å². The van der Waals surface area contributed by atoms with Gasteiger partial charge in [-0.15, -0.1) is 0 Å². The molecule has 1 fully saturated rings. The second-order valence-electron chi connectivity index (χ2n) is 4.76. The van der Waals surface area contributed by atoms with Gasteiger partial charge in [-0.05, 0) is 28.4 Å². The summed E-state index contributed by atoms with van der Waals surface area (Å²) >= 11 is 3.36. The number of H-pyrrole nitrogens is 1. The summed E-state index contributed by atoms with van der Waals surface area (Å²) in [5.74, 6) is -0.142. The Morgan fingerprint density at radius 1 is 1.45 bits per heavy atom. The number of carbonyl (C=O) groups is 1. The first-order chi connectivity index (χ1) is 9.63. The Kier molecular flexibility index (Phi) is 3.43. The molecule has 1 aliphatic heterocycles. The van der Waals surface area contributed by atoms with Gasteiger partial charge < -0.3 is 9.88 Å². The van der Waals surface area contributed by atoms with Gasteiger partial charge in [0.2, 0.25) is 5.56 Å². The van der Waals surface area contributed by atoms with Gasteiger partial charge in [-0.25, -0.2) is 0 Å². The molecule has 1 atom stereocenters. The fraction of sp³-hybridized carbons (Fsp3) is 0.308. The molecule has 0 bridgehead atoms. The maximum atomic E-state index is 12.3. The first kappa shape index (κ1) is 13.1. The van der Waals surface area contributed by atoms with Crippen molar-refractivity contribution < 1.29 is 4.79 Å². The molecule has 1 N–H and O–H groups in total. The number of rotatable bonds is 2. The Morgan fingerprint density at radius 2 is 2.30 bits per heavy atom. The maximum Gasteiger partial charge on any atom is 0.270 e. The molecular formula is C13H13BrN4O2. The number of aromatic amines is 1. The lowest BCUT2D eigenvalue weighted by Crippen LogP contribution is -2.31. The zero-order valence-corrected chi connectivity index (χ0v) is 12.2. The summed E-state index contributed by atoms with van der Waals surface area (Å²) in [7, 11) is 0. The summed E-state index contributed by atoms with van der Waals surface area (Å²) in [4.78, 5) is 27.9. The molecule has 0 spiro atoms. The van der Waals surface area contributed by atoms with Crippen LogP contribution in [0.5, 0.6) is 0 Å². The lowest BCUT2D eigenvalue weighted by Gasteiger charge is -2.16. The minimum absolute atomic E-state index is 0.142. The van der Waals surface area contributed by atoms with E-state index in [0.29, 0.717) is 18.8 Å². The molecule has 3 heterocycles. The van der Waals surface area contributed by atoms with E-state index in [1.165, 1.54) is 6.07 Å². The molecular weight excluding hydrogens is 324 g/mol. The molecule has 0 radical (unpaired) electrons. The SMILES string of the molecule is O=C(c1cccc(=O)[nH]1)N1CCC(n2cc(Br)cn2)C1. The number of hydrogen-bond acceptors (Lipinski definition) is 3. The van der Waals surface area contributed by atoms with Gasteiger partial charge in [0.15, 0.2) is 0 Å². The number of nitrogens with one attached hydrogen (secondary N) is 1. The zero-order valence-electron chi connectivity index (χ0n) is 10.6. The standard InChI is InChI=1S/C13H13BrN4O2/c14-9-6-15-18(7-9)10-4-5-17(8-10)13(20)11-2-1-3-12(19)16-11/h1-3,6-7,10H,4-5,8H2,(H,16,19). The van der Waals surface area contributed by atoms with E-state index in [9.17, 15) is 9.59 Å². The third kappa shape index (κ3) is 2.53. The number of aromatic nitrogens is 3. The van der Waals surface area contributed by atoms with Crippen molar-refractivity contribution in [1.29, 1.82) is 0 Å². The van der Waals surface area contributed by atoms with E-state index < -0.39 is 0 Å². The van der Waals surface area contributed by atoms with Crippen molar-refractivity contribution in [2.24, 2.45) is 0 Å². The average molecular weight is 337 g/mol. The van der Waals surface area contributed by atoms with Crippen molar-refractivity contribution in [3.63, 3.8) is 0 Å². The topological polar surface area (TPSA) is 71.0 Å². The molecule has 2 aromatic heterocycles. The molecule has 0 aromatic carbocycles. The average Bonchev–Trinajstić information content (AvgIpc) is 3.06. The summed E-state index contributed by atoms with van der Waals surface area (Å²) in [6, 6.07) is 4.79. The van der Waals surface area contributed by atoms with E-state index in [-0.39, 0.29) is 17.5 Å². The summed E-state index contributed by atoms with van der Waals surface area (Å²) in [5, 5.41) is 4.25. The summed E-state index contributed by atoms with van der Waals surface area (Å²) in [5.41, 5.74) is 0.0717. The number of halogens is 1. The fourth-order valence-electron chi connectivity index (χ4n) is 2.40. The molecule has 1 unspecified atom stereocenters. The third-order valence-corrected chi connectivity index (χ3v) is 3.80. The third-order valence-electron chi connectivity index (χ3n) is 3.39. The van der Waals surface area contributed by atoms with Gasteiger partial charge in [0.05, 0.1) is 16.7 Å². The second-order valence-corrected chi connectivity index (χ2v) is 5.68. The molecule has 7 heteroatoms. The molecule has 1 aliphatic rings. The first-order valence-corrected chi connectivity index (χ1v) is 7.11. The summed E-state index contributed by atoms with van der Waals surface area (Å²) in [6.45, 7) is 1.27. The zero-order chi connectivity index (χ0) is 14.1. The Hall–Kier alpha value is -1.89. The molecule has 0 saturated carbocycles. The quantitative estimate of drug-likeness (QED) is 0.901. The number of carbonyl (C=O) groups excluding carboxylic acids is 1. The molecule has 1 saturated heterocycles. The molecule has 1 amide bonds. The van der Waals surface area contributed by atoms with Crippen molar-refractivity contribution >= 4 is 21.8 Å². The monoisotopic (exact) mass is 336 g/mol. The van der Waals surface area contributed by atoms with Crippen molar-refractivity contribution in [3.05, 3.63) is 51.1 Å². The highest BCUT2D eigenvalue weighted by atomic mass is 79.9. The van der Waals surface area contributed by atoms with Crippen molar-refractivity contribution in [2.45, 2.75) is 12.5 Å². The van der Waals surface area contributed by atoms with Gasteiger partial charge in [0.1, 0.15) is 5.69 Å². The van der Waals surface area contributed by atoms with Crippen LogP contribution in [-0.2, 0) is 0 Å². The van der Waals surface area contributed by atoms with Gasteiger partial charge in [0, 0.05) is 25.4 Å². The van der Waals surface area contributed by atoms with Crippen LogP contribution < -0.4 is 5.56 Å². The van der Waals surface area contributed by atoms with Crippen LogP contribution in [0.15, 0.2) is 39.9 Å². The van der Waals surface area contributed by atoms with Crippen molar-refractivity contribution in [1.82, 2.24) is 19.7 Å². The first-order valence-electron chi connectivity index (χ1n) is 6.32. The van der Waals surface area contributed by atoms with Crippen LogP contribution in [0.1, 0.15) is 23.0 Å². The number of nitrogens with zero attached hydrogens (tertiary/aromatic N) is 3. The molecule has 3 rings (SSSR count). The van der Waals surface area contributed by atoms with E-state index in [4.69, 9.17) is 0 Å². The lowest BCUT2D eigenvalue weighted by molar-refractivity contribution is 0.0781. The Labute approximate surface area is 123 Å². The van der Waals surface area contributed by atoms with E-state index in [2.05, 4.69) is 26.0 Å². The maximum absolute atomic E-state index is 12.3. The van der Waals surface area contributed by atoms with E-state index in [1.807, 2.05) is 10.9 Å². The normalized spacial score (nSPS) is 18.4. The van der Waals surface area contributed by atoms with Gasteiger partial charge in [-0.3, -0.25) is 14.3 Å². The second kappa shape index (κ2) is 5.24. The van der Waals surface area contributed by atoms with Crippen molar-refractivity contribution in [2.75, 3.05) is 13.1 Å². The highest BCUT2D eigenvalue weighted by Crippen LogP contribution is 2.23. The van der Waals surface area contributed by atoms with Crippen LogP contribution in [0.3, 0.4) is 0 Å².